The van der Waals surface area contributed by atoms with Crippen molar-refractivity contribution in [3.63, 3.8) is 0 Å². The highest BCUT2D eigenvalue weighted by Crippen LogP contribution is 2.36. The summed E-state index contributed by atoms with van der Waals surface area (Å²) in [7, 11) is -5.16. The molecule has 0 aliphatic carbocycles. The minimum atomic E-state index is -5.16. The van der Waals surface area contributed by atoms with Crippen molar-refractivity contribution in [2.75, 3.05) is 19.7 Å². The van der Waals surface area contributed by atoms with Gasteiger partial charge in [-0.1, -0.05) is 51.5 Å². The van der Waals surface area contributed by atoms with Gasteiger partial charge in [0.15, 0.2) is 23.7 Å². The molecule has 1 fully saturated rings. The molecule has 382 valence electrons. The van der Waals surface area contributed by atoms with E-state index in [0.29, 0.717) is 11.1 Å². The Bertz CT molecular complexity index is 2560. The summed E-state index contributed by atoms with van der Waals surface area (Å²) in [4.78, 5) is 65.0. The van der Waals surface area contributed by atoms with E-state index in [-0.39, 0.29) is 48.1 Å². The maximum absolute atomic E-state index is 13.6. The average molecular weight is 1040 g/mol. The lowest BCUT2D eigenvalue weighted by atomic mass is 9.98. The van der Waals surface area contributed by atoms with Crippen LogP contribution in [0.4, 0.5) is 0 Å². The zero-order valence-electron chi connectivity index (χ0n) is 38.2. The van der Waals surface area contributed by atoms with E-state index in [1.165, 1.54) is 48.5 Å². The summed E-state index contributed by atoms with van der Waals surface area (Å²) in [5.41, 5.74) is 9.39. The molecule has 0 spiro atoms. The fraction of sp³-hybridized carbons (Fsp3) is 0.452. The number of carbonyl (C=O) groups is 5. The molecule has 0 radical (unpaired) electrons. The molecule has 4 rings (SSSR count). The van der Waals surface area contributed by atoms with E-state index in [9.17, 15) is 49.9 Å². The fourth-order valence-corrected chi connectivity index (χ4v) is 8.15. The van der Waals surface area contributed by atoms with Gasteiger partial charge in [0.2, 0.25) is 12.4 Å². The van der Waals surface area contributed by atoms with Gasteiger partial charge in [-0.05, 0) is 66.9 Å². The van der Waals surface area contributed by atoms with E-state index in [2.05, 4.69) is 15.3 Å². The highest BCUT2D eigenvalue weighted by Gasteiger charge is 2.53. The van der Waals surface area contributed by atoms with Gasteiger partial charge in [-0.25, -0.2) is 0 Å². The topological polar surface area (TPSA) is 353 Å². The molecule has 1 aliphatic heterocycles. The Morgan fingerprint density at radius 1 is 0.771 bits per heavy atom. The van der Waals surface area contributed by atoms with Crippen LogP contribution in [0.5, 0.6) is 23.0 Å². The first-order valence-electron chi connectivity index (χ1n) is 20.7. The number of azide groups is 1. The smallest absolute Gasteiger partial charge is 0.501 e. The van der Waals surface area contributed by atoms with Crippen LogP contribution in [0.3, 0.4) is 0 Å². The van der Waals surface area contributed by atoms with Crippen LogP contribution in [0, 0.1) is 0 Å². The number of hydrogen-bond donors (Lipinski definition) is 1. The first-order valence-corrected chi connectivity index (χ1v) is 24.5. The van der Waals surface area contributed by atoms with E-state index in [1.807, 2.05) is 0 Å². The molecule has 0 bridgehead atoms. The summed E-state index contributed by atoms with van der Waals surface area (Å²) in [5, 5.41) is 6.07. The van der Waals surface area contributed by atoms with Crippen molar-refractivity contribution in [3.8, 4) is 23.0 Å². The SMILES string of the molecule is CC(=O)OC[C@@H]1OC(Oc2ccc(C(=O)NCC(C)OC(C)CN=[N+]=[N-])cc2OS(=O)(=O)Oc2ccc(COc3ccc(CS(=O)[O-])cc3CS(=O)[O-])cc2)[C@@H](OC(C)=O)[C@H](OC(C)=O)[C@@H]1OC(C)=O. The third-order valence-corrected chi connectivity index (χ3v) is 11.1. The van der Waals surface area contributed by atoms with E-state index >= 15 is 0 Å². The van der Waals surface area contributed by atoms with Crippen LogP contribution in [0.25, 0.3) is 10.4 Å². The third-order valence-electron chi connectivity index (χ3n) is 9.20. The van der Waals surface area contributed by atoms with E-state index in [1.54, 1.807) is 13.8 Å². The van der Waals surface area contributed by atoms with Gasteiger partial charge in [-0.15, -0.1) is 8.42 Å². The Hall–Kier alpha value is -6.39. The summed E-state index contributed by atoms with van der Waals surface area (Å²) >= 11 is -4.96. The monoisotopic (exact) mass is 1040 g/mol. The molecular weight excluding hydrogens is 993 g/mol. The zero-order chi connectivity index (χ0) is 51.7. The number of amides is 1. The average Bonchev–Trinajstić information content (AvgIpc) is 3.25. The van der Waals surface area contributed by atoms with Gasteiger partial charge in [-0.3, -0.25) is 32.4 Å². The molecule has 1 amide bonds. The number of hydrogen-bond acceptors (Lipinski definition) is 22. The molecule has 3 aromatic rings. The van der Waals surface area contributed by atoms with Gasteiger partial charge < -0.3 is 60.7 Å². The quantitative estimate of drug-likeness (QED) is 0.0318. The number of nitrogens with one attached hydrogen (secondary N) is 1. The van der Waals surface area contributed by atoms with Crippen LogP contribution in [-0.4, -0.2) is 118 Å². The molecule has 0 saturated carbocycles. The highest BCUT2D eigenvalue weighted by atomic mass is 32.3. The van der Waals surface area contributed by atoms with Crippen LogP contribution in [0.1, 0.15) is 68.6 Å². The normalized spacial score (nSPS) is 19.3. The lowest BCUT2D eigenvalue weighted by molar-refractivity contribution is -0.288. The Labute approximate surface area is 406 Å². The lowest BCUT2D eigenvalue weighted by Crippen LogP contribution is -2.63. The van der Waals surface area contributed by atoms with Crippen molar-refractivity contribution >= 4 is 62.3 Å². The standard InChI is InChI=1S/C42H50N4O21S3/c1-23(60-24(2)18-45-46-43)17-44-41(51)31-10-14-35(64-42-40(63-28(6)50)39(62-27(5)49)38(61-26(4)48)37(65-42)20-58-25(3)47)36(16-31)67-70(56,57)66-33-11-7-29(8-12-33)19-59-34-13-9-30(21-68(52)53)15-32(34)22-69(54)55/h7-16,23-24,37-40,42H,17-22H2,1-6H3,(H,44,51)(H,52,53)(H,54,55)/p-2/t23?,24?,37-,38+,39+,40-,42?/m0/s1. The number of carbonyl (C=O) groups excluding carboxylic acids is 5. The summed E-state index contributed by atoms with van der Waals surface area (Å²) < 4.78 is 128. The molecule has 0 aromatic heterocycles. The summed E-state index contributed by atoms with van der Waals surface area (Å²) in [6, 6.07) is 12.8. The van der Waals surface area contributed by atoms with Crippen LogP contribution >= 0.6 is 0 Å². The zero-order valence-corrected chi connectivity index (χ0v) is 40.6. The lowest BCUT2D eigenvalue weighted by Gasteiger charge is -2.43. The second-order valence-electron chi connectivity index (χ2n) is 15.1. The molecular formula is C42H48N4O21S3-2. The predicted molar refractivity (Wildman–Crippen MR) is 238 cm³/mol. The summed E-state index contributed by atoms with van der Waals surface area (Å²) in [6.07, 6.45) is -9.42. The maximum Gasteiger partial charge on any atom is 0.501 e. The molecule has 70 heavy (non-hydrogen) atoms. The van der Waals surface area contributed by atoms with Crippen LogP contribution in [-0.2, 0) is 98.3 Å². The number of benzene rings is 3. The van der Waals surface area contributed by atoms with E-state index < -0.39 is 129 Å². The van der Waals surface area contributed by atoms with Gasteiger partial charge in [0.1, 0.15) is 30.8 Å². The van der Waals surface area contributed by atoms with Gasteiger partial charge in [0.05, 0.1) is 18.8 Å². The van der Waals surface area contributed by atoms with Crippen molar-refractivity contribution in [1.82, 2.24) is 5.32 Å². The van der Waals surface area contributed by atoms with Gasteiger partial charge >= 0.3 is 34.3 Å². The second kappa shape index (κ2) is 26.6. The van der Waals surface area contributed by atoms with Gasteiger partial charge in [-0.2, -0.15) is 0 Å². The van der Waals surface area contributed by atoms with Crippen molar-refractivity contribution in [2.45, 2.75) is 103 Å². The molecule has 3 aromatic carbocycles. The Morgan fingerprint density at radius 2 is 1.39 bits per heavy atom. The largest absolute Gasteiger partial charge is 0.772 e. The Morgan fingerprint density at radius 3 is 2.00 bits per heavy atom. The van der Waals surface area contributed by atoms with Crippen LogP contribution in [0.15, 0.2) is 65.8 Å². The Balaban J connectivity index is 1.66. The highest BCUT2D eigenvalue weighted by molar-refractivity contribution is 7.82. The third kappa shape index (κ3) is 18.5. The predicted octanol–water partition coefficient (Wildman–Crippen LogP) is 3.02. The molecule has 1 saturated heterocycles. The fourth-order valence-electron chi connectivity index (χ4n) is 6.48. The summed E-state index contributed by atoms with van der Waals surface area (Å²) in [5.74, 6) is -6.51. The van der Waals surface area contributed by atoms with Gasteiger partial charge in [0.25, 0.3) is 5.91 Å². The van der Waals surface area contributed by atoms with Crippen molar-refractivity contribution in [2.24, 2.45) is 5.11 Å². The summed E-state index contributed by atoms with van der Waals surface area (Å²) in [6.45, 7) is 6.57. The van der Waals surface area contributed by atoms with Crippen molar-refractivity contribution < 1.29 is 96.2 Å². The number of rotatable bonds is 25. The van der Waals surface area contributed by atoms with Crippen LogP contribution < -0.4 is 23.2 Å². The minimum Gasteiger partial charge on any atom is -0.772 e. The first kappa shape index (κ1) is 56.2. The second-order valence-corrected chi connectivity index (χ2v) is 18.0. The van der Waals surface area contributed by atoms with Gasteiger partial charge in [0, 0.05) is 61.8 Å². The van der Waals surface area contributed by atoms with Crippen molar-refractivity contribution in [1.29, 1.82) is 0 Å². The van der Waals surface area contributed by atoms with Crippen LogP contribution in [0.2, 0.25) is 0 Å². The van der Waals surface area contributed by atoms with Crippen molar-refractivity contribution in [3.05, 3.63) is 93.4 Å². The molecule has 5 unspecified atom stereocenters. The molecule has 9 atom stereocenters. The first-order chi connectivity index (χ1) is 33.0. The van der Waals surface area contributed by atoms with E-state index in [4.69, 9.17) is 51.8 Å². The van der Waals surface area contributed by atoms with E-state index in [0.717, 1.165) is 39.8 Å². The Kier molecular flexibility index (Phi) is 21.3. The number of esters is 4. The molecule has 28 heteroatoms. The molecule has 25 nitrogen and oxygen atoms in total. The molecule has 1 aliphatic rings. The number of ether oxygens (including phenoxy) is 8. The molecule has 1 heterocycles. The molecule has 1 N–H and O–H groups in total. The number of nitrogens with zero attached hydrogens (tertiary/aromatic N) is 3. The minimum absolute atomic E-state index is 0.0224. The maximum atomic E-state index is 13.6.